The van der Waals surface area contributed by atoms with Crippen LogP contribution in [-0.4, -0.2) is 70.0 Å². The maximum Gasteiger partial charge on any atom is 0.273 e. The second-order valence-corrected chi connectivity index (χ2v) is 10.1. The Bertz CT molecular complexity index is 1280. The lowest BCUT2D eigenvalue weighted by atomic mass is 9.68. The largest absolute Gasteiger partial charge is 0.497 e. The van der Waals surface area contributed by atoms with Gasteiger partial charge >= 0.3 is 0 Å². The predicted molar refractivity (Wildman–Crippen MR) is 130 cm³/mol. The number of methoxy groups -OCH3 is 1. The van der Waals surface area contributed by atoms with Crippen LogP contribution in [0.25, 0.3) is 10.9 Å². The van der Waals surface area contributed by atoms with E-state index in [2.05, 4.69) is 16.0 Å². The third kappa shape index (κ3) is 3.58. The predicted octanol–water partition coefficient (Wildman–Crippen LogP) is 3.03. The van der Waals surface area contributed by atoms with Gasteiger partial charge in [-0.2, -0.15) is 0 Å². The number of aliphatic hydroxyl groups excluding tert-OH is 1. The molecular weight excluding hydrogens is 444 g/mol. The van der Waals surface area contributed by atoms with Gasteiger partial charge in [0.2, 0.25) is 5.91 Å². The first-order valence-electron chi connectivity index (χ1n) is 12.4. The molecule has 2 aliphatic heterocycles. The van der Waals surface area contributed by atoms with E-state index in [1.54, 1.807) is 36.4 Å². The van der Waals surface area contributed by atoms with Crippen LogP contribution in [0, 0.1) is 5.92 Å². The van der Waals surface area contributed by atoms with Crippen LogP contribution in [0.5, 0.6) is 5.75 Å². The van der Waals surface area contributed by atoms with E-state index in [4.69, 9.17) is 4.74 Å². The Balaban J connectivity index is 1.45. The maximum absolute atomic E-state index is 13.6. The molecule has 2 amide bonds. The second kappa shape index (κ2) is 8.37. The number of nitrogens with zero attached hydrogens (tertiary/aromatic N) is 3. The Morgan fingerprint density at radius 2 is 2.00 bits per heavy atom. The number of carbonyl (C=O) groups is 2. The number of rotatable bonds is 4. The van der Waals surface area contributed by atoms with E-state index in [9.17, 15) is 14.7 Å². The number of amides is 2. The summed E-state index contributed by atoms with van der Waals surface area (Å²) in [5.74, 6) is 1.03. The minimum absolute atomic E-state index is 0.192. The highest BCUT2D eigenvalue weighted by Gasteiger charge is 2.50. The highest BCUT2D eigenvalue weighted by atomic mass is 16.5. The van der Waals surface area contributed by atoms with Gasteiger partial charge in [0.15, 0.2) is 0 Å². The van der Waals surface area contributed by atoms with Crippen molar-refractivity contribution < 1.29 is 19.4 Å². The van der Waals surface area contributed by atoms with Crippen molar-refractivity contribution in [2.45, 2.75) is 37.1 Å². The number of hydrogen-bond acceptors (Lipinski definition) is 5. The van der Waals surface area contributed by atoms with Crippen molar-refractivity contribution in [3.63, 3.8) is 0 Å². The topological polar surface area (TPSA) is 98.8 Å². The number of ether oxygens (including phenoxy) is 1. The van der Waals surface area contributed by atoms with Gasteiger partial charge in [-0.25, -0.2) is 0 Å². The maximum atomic E-state index is 13.6. The summed E-state index contributed by atoms with van der Waals surface area (Å²) in [4.78, 5) is 38.0. The molecule has 1 atom stereocenters. The van der Waals surface area contributed by atoms with E-state index in [-0.39, 0.29) is 29.8 Å². The van der Waals surface area contributed by atoms with Crippen LogP contribution in [-0.2, 0) is 10.2 Å². The average molecular weight is 475 g/mol. The van der Waals surface area contributed by atoms with Gasteiger partial charge in [-0.1, -0.05) is 6.07 Å². The SMILES string of the molecule is COc1ccc2c3c([nH]c2c1)[C@@H](CO)N(C(=O)c1ccccn1)CC31CCN(C(=O)C2CC2)CC1. The van der Waals surface area contributed by atoms with Crippen LogP contribution in [0.4, 0.5) is 0 Å². The van der Waals surface area contributed by atoms with E-state index >= 15 is 0 Å². The standard InChI is InChI=1S/C27H30N4O4/c1-35-18-7-8-19-21(14-18)29-24-22(15-32)31(26(34)20-4-2-3-11-28-20)16-27(23(19)24)9-12-30(13-10-27)25(33)17-5-6-17/h2-4,7-8,11,14,17,22,29,32H,5-6,9-10,12-13,15-16H2,1H3/t22-/m1/s1. The number of carbonyl (C=O) groups excluding carboxylic acids is 2. The third-order valence-electron chi connectivity index (χ3n) is 8.02. The number of aromatic amines is 1. The molecule has 1 spiro atoms. The molecule has 182 valence electrons. The first kappa shape index (κ1) is 22.1. The molecule has 8 heteroatoms. The fourth-order valence-electron chi connectivity index (χ4n) is 6.01. The summed E-state index contributed by atoms with van der Waals surface area (Å²) in [5, 5.41) is 11.6. The molecule has 0 radical (unpaired) electrons. The van der Waals surface area contributed by atoms with E-state index in [0.29, 0.717) is 25.3 Å². The lowest BCUT2D eigenvalue weighted by molar-refractivity contribution is -0.134. The van der Waals surface area contributed by atoms with Crippen molar-refractivity contribution in [3.05, 3.63) is 59.5 Å². The fraction of sp³-hybridized carbons (Fsp3) is 0.444. The lowest BCUT2D eigenvalue weighted by Gasteiger charge is -2.50. The molecule has 4 heterocycles. The van der Waals surface area contributed by atoms with Crippen LogP contribution in [0.2, 0.25) is 0 Å². The highest BCUT2D eigenvalue weighted by Crippen LogP contribution is 2.49. The molecule has 0 unspecified atom stereocenters. The third-order valence-corrected chi connectivity index (χ3v) is 8.02. The van der Waals surface area contributed by atoms with Gasteiger partial charge in [-0.3, -0.25) is 14.6 Å². The van der Waals surface area contributed by atoms with Gasteiger partial charge in [0.25, 0.3) is 5.91 Å². The van der Waals surface area contributed by atoms with Crippen molar-refractivity contribution in [2.24, 2.45) is 5.92 Å². The zero-order valence-electron chi connectivity index (χ0n) is 19.9. The number of pyridine rings is 1. The van der Waals surface area contributed by atoms with Gasteiger partial charge in [0, 0.05) is 59.8 Å². The molecule has 0 bridgehead atoms. The molecule has 8 nitrogen and oxygen atoms in total. The number of aliphatic hydroxyl groups is 1. The smallest absolute Gasteiger partial charge is 0.273 e. The Hall–Kier alpha value is -3.39. The van der Waals surface area contributed by atoms with Crippen molar-refractivity contribution in [1.29, 1.82) is 0 Å². The highest BCUT2D eigenvalue weighted by molar-refractivity contribution is 5.94. The normalized spacial score (nSPS) is 21.3. The number of aromatic nitrogens is 2. The molecule has 3 aliphatic rings. The molecule has 2 fully saturated rings. The van der Waals surface area contributed by atoms with Crippen LogP contribution in [0.1, 0.15) is 53.5 Å². The Morgan fingerprint density at radius 1 is 1.20 bits per heavy atom. The first-order chi connectivity index (χ1) is 17.0. The summed E-state index contributed by atoms with van der Waals surface area (Å²) in [7, 11) is 1.64. The van der Waals surface area contributed by atoms with Crippen molar-refractivity contribution in [2.75, 3.05) is 33.4 Å². The quantitative estimate of drug-likeness (QED) is 0.606. The molecule has 6 rings (SSSR count). The summed E-state index contributed by atoms with van der Waals surface area (Å²) in [6.07, 6.45) is 5.14. The zero-order valence-corrected chi connectivity index (χ0v) is 19.9. The minimum Gasteiger partial charge on any atom is -0.497 e. The molecule has 1 aromatic carbocycles. The monoisotopic (exact) mass is 474 g/mol. The average Bonchev–Trinajstić information content (AvgIpc) is 3.68. The van der Waals surface area contributed by atoms with Crippen molar-refractivity contribution in [1.82, 2.24) is 19.8 Å². The molecular formula is C27H30N4O4. The van der Waals surface area contributed by atoms with Crippen LogP contribution in [0.15, 0.2) is 42.6 Å². The van der Waals surface area contributed by atoms with Crippen LogP contribution >= 0.6 is 0 Å². The second-order valence-electron chi connectivity index (χ2n) is 10.1. The van der Waals surface area contributed by atoms with Gasteiger partial charge in [0.1, 0.15) is 11.4 Å². The number of piperidine rings is 1. The Labute approximate surface area is 203 Å². The number of H-pyrrole nitrogens is 1. The summed E-state index contributed by atoms with van der Waals surface area (Å²) in [5.41, 5.74) is 3.00. The molecule has 3 aromatic rings. The summed E-state index contributed by atoms with van der Waals surface area (Å²) in [6.45, 7) is 1.63. The van der Waals surface area contributed by atoms with Crippen LogP contribution in [0.3, 0.4) is 0 Å². The van der Waals surface area contributed by atoms with Crippen molar-refractivity contribution in [3.8, 4) is 5.75 Å². The number of nitrogens with one attached hydrogen (secondary N) is 1. The van der Waals surface area contributed by atoms with Crippen molar-refractivity contribution >= 4 is 22.7 Å². The Morgan fingerprint density at radius 3 is 2.66 bits per heavy atom. The van der Waals surface area contributed by atoms with E-state index in [0.717, 1.165) is 53.6 Å². The Kier molecular flexibility index (Phi) is 5.29. The summed E-state index contributed by atoms with van der Waals surface area (Å²) < 4.78 is 5.44. The number of hydrogen-bond donors (Lipinski definition) is 2. The summed E-state index contributed by atoms with van der Waals surface area (Å²) >= 11 is 0. The number of fused-ring (bicyclic) bond motifs is 4. The first-order valence-corrected chi connectivity index (χ1v) is 12.4. The van der Waals surface area contributed by atoms with Gasteiger partial charge < -0.3 is 24.6 Å². The lowest BCUT2D eigenvalue weighted by Crippen LogP contribution is -2.56. The van der Waals surface area contributed by atoms with Gasteiger partial charge in [-0.05, 0) is 55.5 Å². The molecule has 1 saturated heterocycles. The van der Waals surface area contributed by atoms with E-state index in [1.165, 1.54) is 0 Å². The molecule has 1 aliphatic carbocycles. The molecule has 2 aromatic heterocycles. The number of likely N-dealkylation sites (tertiary alicyclic amines) is 1. The minimum atomic E-state index is -0.505. The van der Waals surface area contributed by atoms with Crippen LogP contribution < -0.4 is 4.74 Å². The van der Waals surface area contributed by atoms with Gasteiger partial charge in [0.05, 0.1) is 19.8 Å². The van der Waals surface area contributed by atoms with Gasteiger partial charge in [-0.15, -0.1) is 0 Å². The molecule has 35 heavy (non-hydrogen) atoms. The molecule has 2 N–H and O–H groups in total. The zero-order chi connectivity index (χ0) is 24.2. The fourth-order valence-corrected chi connectivity index (χ4v) is 6.01. The van der Waals surface area contributed by atoms with E-state index < -0.39 is 6.04 Å². The van der Waals surface area contributed by atoms with E-state index in [1.807, 2.05) is 17.0 Å². The molecule has 1 saturated carbocycles. The number of benzene rings is 1. The summed E-state index contributed by atoms with van der Waals surface area (Å²) in [6, 6.07) is 10.8.